The Morgan fingerprint density at radius 1 is 1.15 bits per heavy atom. The second kappa shape index (κ2) is 7.55. The van der Waals surface area contributed by atoms with Crippen molar-refractivity contribution in [2.45, 2.75) is 50.5 Å². The van der Waals surface area contributed by atoms with Crippen molar-refractivity contribution in [2.24, 2.45) is 0 Å². The fraction of sp³-hybridized carbons (Fsp3) is 0.471. The Morgan fingerprint density at radius 3 is 2.35 bits per heavy atom. The van der Waals surface area contributed by atoms with E-state index < -0.39 is 21.5 Å². The van der Waals surface area contributed by atoms with Gasteiger partial charge in [0.15, 0.2) is 0 Å². The van der Waals surface area contributed by atoms with Gasteiger partial charge >= 0.3 is 0 Å². The van der Waals surface area contributed by atoms with Gasteiger partial charge in [0.05, 0.1) is 4.90 Å². The van der Waals surface area contributed by atoms with Crippen molar-refractivity contribution in [3.8, 4) is 0 Å². The predicted molar refractivity (Wildman–Crippen MR) is 95.7 cm³/mol. The highest BCUT2D eigenvalue weighted by atomic mass is 32.2. The first-order valence-electron chi connectivity index (χ1n) is 8.25. The van der Waals surface area contributed by atoms with Crippen LogP contribution in [-0.2, 0) is 24.4 Å². The molecule has 2 N–H and O–H groups in total. The largest absolute Gasteiger partial charge is 0.326 e. The molecule has 1 saturated heterocycles. The molecule has 0 spiro atoms. The second-order valence-electron chi connectivity index (χ2n) is 7.12. The number of imide groups is 1. The molecule has 0 radical (unpaired) electrons. The number of nitrogens with zero attached hydrogens (tertiary/aromatic N) is 1. The number of hydrogen-bond donors (Lipinski definition) is 2. The molecule has 0 aliphatic carbocycles. The molecule has 1 aromatic carbocycles. The summed E-state index contributed by atoms with van der Waals surface area (Å²) in [6.07, 6.45) is 0.316. The number of carbonyl (C=O) groups excluding carboxylic acids is 3. The molecule has 142 valence electrons. The third-order valence-electron chi connectivity index (χ3n) is 3.59. The maximum Gasteiger partial charge on any atom is 0.241 e. The van der Waals surface area contributed by atoms with Crippen molar-refractivity contribution < 1.29 is 22.8 Å². The molecule has 0 aromatic heterocycles. The van der Waals surface area contributed by atoms with E-state index in [9.17, 15) is 22.8 Å². The molecule has 1 aliphatic heterocycles. The van der Waals surface area contributed by atoms with E-state index in [2.05, 4.69) is 10.0 Å². The molecule has 0 bridgehead atoms. The van der Waals surface area contributed by atoms with Gasteiger partial charge in [0.2, 0.25) is 27.7 Å². The first-order valence-corrected chi connectivity index (χ1v) is 9.73. The maximum atomic E-state index is 12.4. The smallest absolute Gasteiger partial charge is 0.241 e. The summed E-state index contributed by atoms with van der Waals surface area (Å²) >= 11 is 0. The van der Waals surface area contributed by atoms with E-state index in [0.717, 1.165) is 4.90 Å². The Morgan fingerprint density at radius 2 is 1.77 bits per heavy atom. The highest BCUT2D eigenvalue weighted by Gasteiger charge is 2.28. The zero-order valence-corrected chi connectivity index (χ0v) is 15.9. The Labute approximate surface area is 153 Å². The minimum atomic E-state index is -3.72. The van der Waals surface area contributed by atoms with E-state index in [1.165, 1.54) is 18.2 Å². The summed E-state index contributed by atoms with van der Waals surface area (Å²) in [6, 6.07) is 5.89. The molecule has 1 aromatic rings. The van der Waals surface area contributed by atoms with Gasteiger partial charge in [0.25, 0.3) is 0 Å². The second-order valence-corrected chi connectivity index (χ2v) is 8.80. The molecular weight excluding hydrogens is 358 g/mol. The third-order valence-corrected chi connectivity index (χ3v) is 5.34. The van der Waals surface area contributed by atoms with Crippen LogP contribution < -0.4 is 10.0 Å². The zero-order chi connectivity index (χ0) is 19.5. The lowest BCUT2D eigenvalue weighted by Gasteiger charge is -2.20. The van der Waals surface area contributed by atoms with Gasteiger partial charge < -0.3 is 5.32 Å². The topological polar surface area (TPSA) is 113 Å². The first kappa shape index (κ1) is 20.1. The summed E-state index contributed by atoms with van der Waals surface area (Å²) in [4.78, 5) is 36.2. The highest BCUT2D eigenvalue weighted by molar-refractivity contribution is 7.89. The molecule has 8 nitrogen and oxygen atoms in total. The monoisotopic (exact) mass is 381 g/mol. The predicted octanol–water partition coefficient (Wildman–Crippen LogP) is 1.24. The van der Waals surface area contributed by atoms with Crippen LogP contribution in [0.25, 0.3) is 0 Å². The lowest BCUT2D eigenvalue weighted by molar-refractivity contribution is -0.138. The molecule has 1 heterocycles. The number of anilines is 1. The van der Waals surface area contributed by atoms with Gasteiger partial charge in [-0.1, -0.05) is 6.07 Å². The van der Waals surface area contributed by atoms with Crippen molar-refractivity contribution in [1.82, 2.24) is 9.62 Å². The molecule has 3 amide bonds. The van der Waals surface area contributed by atoms with Crippen LogP contribution in [0.1, 0.15) is 40.0 Å². The Kier molecular flexibility index (Phi) is 5.82. The van der Waals surface area contributed by atoms with Crippen molar-refractivity contribution in [3.05, 3.63) is 24.3 Å². The molecule has 9 heteroatoms. The molecule has 1 fully saturated rings. The van der Waals surface area contributed by atoms with Crippen LogP contribution in [0.3, 0.4) is 0 Å². The molecule has 0 atom stereocenters. The third kappa shape index (κ3) is 5.37. The van der Waals surface area contributed by atoms with Crippen molar-refractivity contribution in [3.63, 3.8) is 0 Å². The number of rotatable bonds is 6. The number of sulfonamides is 1. The Balaban J connectivity index is 2.01. The van der Waals surface area contributed by atoms with E-state index >= 15 is 0 Å². The average molecular weight is 381 g/mol. The molecule has 1 aliphatic rings. The lowest BCUT2D eigenvalue weighted by atomic mass is 10.1. The van der Waals surface area contributed by atoms with Crippen LogP contribution in [0.15, 0.2) is 29.2 Å². The molecule has 2 rings (SSSR count). The SMILES string of the molecule is CC(C)(C)NS(=O)(=O)c1cccc(NC(=O)CCN2C(=O)CCC2=O)c1. The number of carbonyl (C=O) groups is 3. The highest BCUT2D eigenvalue weighted by Crippen LogP contribution is 2.18. The summed E-state index contributed by atoms with van der Waals surface area (Å²) in [5, 5.41) is 2.59. The fourth-order valence-corrected chi connectivity index (χ4v) is 3.98. The lowest BCUT2D eigenvalue weighted by Crippen LogP contribution is -2.40. The van der Waals surface area contributed by atoms with Crippen molar-refractivity contribution >= 4 is 33.4 Å². The number of likely N-dealkylation sites (tertiary alicyclic amines) is 1. The van der Waals surface area contributed by atoms with Gasteiger partial charge in [-0.2, -0.15) is 0 Å². The van der Waals surface area contributed by atoms with Gasteiger partial charge in [0, 0.05) is 37.0 Å². The van der Waals surface area contributed by atoms with Gasteiger partial charge in [-0.05, 0) is 39.0 Å². The van der Waals surface area contributed by atoms with Crippen molar-refractivity contribution in [2.75, 3.05) is 11.9 Å². The maximum absolute atomic E-state index is 12.4. The quantitative estimate of drug-likeness (QED) is 0.720. The summed E-state index contributed by atoms with van der Waals surface area (Å²) in [5.74, 6) is -0.955. The fourth-order valence-electron chi connectivity index (χ4n) is 2.51. The molecular formula is C17H23N3O5S. The van der Waals surface area contributed by atoms with E-state index in [1.807, 2.05) is 0 Å². The minimum absolute atomic E-state index is 0.0209. The number of amides is 3. The summed E-state index contributed by atoms with van der Waals surface area (Å²) in [7, 11) is -3.72. The van der Waals surface area contributed by atoms with Gasteiger partial charge in [-0.15, -0.1) is 0 Å². The van der Waals surface area contributed by atoms with Gasteiger partial charge in [-0.25, -0.2) is 13.1 Å². The van der Waals surface area contributed by atoms with E-state index in [4.69, 9.17) is 0 Å². The van der Waals surface area contributed by atoms with Crippen molar-refractivity contribution in [1.29, 1.82) is 0 Å². The molecule has 0 unspecified atom stereocenters. The number of hydrogen-bond acceptors (Lipinski definition) is 5. The minimum Gasteiger partial charge on any atom is -0.326 e. The van der Waals surface area contributed by atoms with Gasteiger partial charge in [0.1, 0.15) is 0 Å². The Bertz CT molecular complexity index is 811. The summed E-state index contributed by atoms with van der Waals surface area (Å²) in [6.45, 7) is 5.22. The van der Waals surface area contributed by atoms with Crippen LogP contribution in [0.2, 0.25) is 0 Å². The van der Waals surface area contributed by atoms with Gasteiger partial charge in [-0.3, -0.25) is 19.3 Å². The van der Waals surface area contributed by atoms with E-state index in [0.29, 0.717) is 5.69 Å². The molecule has 0 saturated carbocycles. The van der Waals surface area contributed by atoms with Crippen LogP contribution >= 0.6 is 0 Å². The van der Waals surface area contributed by atoms with Crippen LogP contribution in [0.4, 0.5) is 5.69 Å². The zero-order valence-electron chi connectivity index (χ0n) is 15.0. The average Bonchev–Trinajstić information content (AvgIpc) is 2.82. The first-order chi connectivity index (χ1) is 12.0. The van der Waals surface area contributed by atoms with Crippen LogP contribution in [0.5, 0.6) is 0 Å². The Hall–Kier alpha value is -2.26. The standard InChI is InChI=1S/C17H23N3O5S/c1-17(2,3)19-26(24,25)13-6-4-5-12(11-13)18-14(21)9-10-20-15(22)7-8-16(20)23/h4-6,11,19H,7-10H2,1-3H3,(H,18,21). The van der Waals surface area contributed by atoms with E-state index in [1.54, 1.807) is 26.8 Å². The number of benzene rings is 1. The molecule has 26 heavy (non-hydrogen) atoms. The summed E-state index contributed by atoms with van der Waals surface area (Å²) in [5.41, 5.74) is -0.307. The van der Waals surface area contributed by atoms with Crippen LogP contribution in [-0.4, -0.2) is 43.1 Å². The summed E-state index contributed by atoms with van der Waals surface area (Å²) < 4.78 is 27.2. The number of nitrogens with one attached hydrogen (secondary N) is 2. The van der Waals surface area contributed by atoms with E-state index in [-0.39, 0.29) is 42.5 Å². The van der Waals surface area contributed by atoms with Crippen LogP contribution in [0, 0.1) is 0 Å². The normalized spacial score (nSPS) is 15.4.